The van der Waals surface area contributed by atoms with Gasteiger partial charge in [0.15, 0.2) is 17.3 Å². The van der Waals surface area contributed by atoms with Gasteiger partial charge in [0.1, 0.15) is 13.2 Å². The van der Waals surface area contributed by atoms with E-state index in [1.165, 1.54) is 25.7 Å². The molecule has 154 valence electrons. The number of hydrogen-bond donors (Lipinski definition) is 0. The quantitative estimate of drug-likeness (QED) is 0.796. The molecule has 6 rings (SSSR count). The highest BCUT2D eigenvalue weighted by Gasteiger charge is 2.42. The van der Waals surface area contributed by atoms with Gasteiger partial charge in [-0.15, -0.1) is 10.2 Å². The number of piperazine rings is 1. The molecule has 2 aliphatic heterocycles. The standard InChI is InChI=1S/C22H29N5O2/c1-25-21(17-4-5-19-20(14-17)29-11-10-28-19)23-24-22(25)27-8-6-26(7-9-27)18-13-15-2-3-16(18)12-15/h4-5,14-16,18H,2-3,6-13H2,1H3. The second kappa shape index (κ2) is 6.90. The van der Waals surface area contributed by atoms with Crippen LogP contribution in [0.2, 0.25) is 0 Å². The molecular formula is C22H29N5O2. The molecule has 2 aliphatic carbocycles. The van der Waals surface area contributed by atoms with Gasteiger partial charge in [-0.3, -0.25) is 9.47 Å². The predicted octanol–water partition coefficient (Wildman–Crippen LogP) is 2.56. The summed E-state index contributed by atoms with van der Waals surface area (Å²) in [7, 11) is 2.06. The van der Waals surface area contributed by atoms with E-state index >= 15 is 0 Å². The number of fused-ring (bicyclic) bond motifs is 3. The monoisotopic (exact) mass is 395 g/mol. The molecule has 3 fully saturated rings. The molecule has 3 heterocycles. The van der Waals surface area contributed by atoms with E-state index in [1.807, 2.05) is 18.2 Å². The minimum absolute atomic E-state index is 0.591. The summed E-state index contributed by atoms with van der Waals surface area (Å²) >= 11 is 0. The second-order valence-corrected chi connectivity index (χ2v) is 9.01. The summed E-state index contributed by atoms with van der Waals surface area (Å²) in [5.74, 6) is 5.39. The molecule has 4 aliphatic rings. The first-order valence-electron chi connectivity index (χ1n) is 11.0. The molecule has 2 aromatic rings. The van der Waals surface area contributed by atoms with Crippen LogP contribution in [-0.2, 0) is 7.05 Å². The lowest BCUT2D eigenvalue weighted by atomic mass is 9.93. The van der Waals surface area contributed by atoms with Crippen molar-refractivity contribution in [2.24, 2.45) is 18.9 Å². The van der Waals surface area contributed by atoms with Gasteiger partial charge in [0, 0.05) is 44.8 Å². The molecule has 7 heteroatoms. The molecule has 3 atom stereocenters. The molecule has 3 unspecified atom stereocenters. The van der Waals surface area contributed by atoms with Gasteiger partial charge < -0.3 is 14.4 Å². The highest BCUT2D eigenvalue weighted by molar-refractivity contribution is 5.63. The molecule has 1 aromatic heterocycles. The molecule has 29 heavy (non-hydrogen) atoms. The molecule has 0 spiro atoms. The zero-order valence-electron chi connectivity index (χ0n) is 17.1. The van der Waals surface area contributed by atoms with Crippen molar-refractivity contribution in [1.82, 2.24) is 19.7 Å². The fourth-order valence-corrected chi connectivity index (χ4v) is 5.94. The number of anilines is 1. The predicted molar refractivity (Wildman–Crippen MR) is 110 cm³/mol. The van der Waals surface area contributed by atoms with Crippen molar-refractivity contribution < 1.29 is 9.47 Å². The highest BCUT2D eigenvalue weighted by atomic mass is 16.6. The van der Waals surface area contributed by atoms with Crippen LogP contribution >= 0.6 is 0 Å². The van der Waals surface area contributed by atoms with Crippen LogP contribution in [-0.4, -0.2) is 65.1 Å². The third kappa shape index (κ3) is 2.98. The lowest BCUT2D eigenvalue weighted by Crippen LogP contribution is -2.52. The molecule has 7 nitrogen and oxygen atoms in total. The molecule has 1 aromatic carbocycles. The second-order valence-electron chi connectivity index (χ2n) is 9.01. The third-order valence-electron chi connectivity index (χ3n) is 7.42. The summed E-state index contributed by atoms with van der Waals surface area (Å²) in [6.07, 6.45) is 5.84. The largest absolute Gasteiger partial charge is 0.486 e. The zero-order chi connectivity index (χ0) is 19.4. The lowest BCUT2D eigenvalue weighted by Gasteiger charge is -2.41. The van der Waals surface area contributed by atoms with E-state index in [1.54, 1.807) is 0 Å². The van der Waals surface area contributed by atoms with Gasteiger partial charge in [-0.2, -0.15) is 0 Å². The van der Waals surface area contributed by atoms with E-state index in [0.29, 0.717) is 13.2 Å². The van der Waals surface area contributed by atoms with Gasteiger partial charge in [-0.25, -0.2) is 0 Å². The fourth-order valence-electron chi connectivity index (χ4n) is 5.94. The Labute approximate surface area is 171 Å². The van der Waals surface area contributed by atoms with E-state index in [0.717, 1.165) is 72.9 Å². The Morgan fingerprint density at radius 2 is 1.76 bits per heavy atom. The highest BCUT2D eigenvalue weighted by Crippen LogP contribution is 2.46. The number of aromatic nitrogens is 3. The normalized spacial score (nSPS) is 28.9. The summed E-state index contributed by atoms with van der Waals surface area (Å²) in [4.78, 5) is 5.14. The van der Waals surface area contributed by atoms with Crippen LogP contribution in [0.1, 0.15) is 25.7 Å². The topological polar surface area (TPSA) is 55.7 Å². The first-order valence-corrected chi connectivity index (χ1v) is 11.0. The number of hydrogen-bond acceptors (Lipinski definition) is 6. The third-order valence-corrected chi connectivity index (χ3v) is 7.42. The Morgan fingerprint density at radius 1 is 0.931 bits per heavy atom. The summed E-state index contributed by atoms with van der Waals surface area (Å²) in [6, 6.07) is 6.85. The van der Waals surface area contributed by atoms with Gasteiger partial charge >= 0.3 is 0 Å². The van der Waals surface area contributed by atoms with Crippen molar-refractivity contribution in [3.63, 3.8) is 0 Å². The van der Waals surface area contributed by atoms with Crippen LogP contribution in [0.15, 0.2) is 18.2 Å². The Morgan fingerprint density at radius 3 is 2.52 bits per heavy atom. The summed E-state index contributed by atoms with van der Waals surface area (Å²) < 4.78 is 13.5. The van der Waals surface area contributed by atoms with Crippen molar-refractivity contribution in [3.8, 4) is 22.9 Å². The Bertz CT molecular complexity index is 905. The van der Waals surface area contributed by atoms with Crippen LogP contribution < -0.4 is 14.4 Å². The molecule has 1 saturated heterocycles. The Balaban J connectivity index is 1.17. The van der Waals surface area contributed by atoms with Gasteiger partial charge in [-0.1, -0.05) is 6.42 Å². The first kappa shape index (κ1) is 17.6. The van der Waals surface area contributed by atoms with E-state index < -0.39 is 0 Å². The van der Waals surface area contributed by atoms with Crippen molar-refractivity contribution in [3.05, 3.63) is 18.2 Å². The molecular weight excluding hydrogens is 366 g/mol. The minimum atomic E-state index is 0.591. The number of ether oxygens (including phenoxy) is 2. The van der Waals surface area contributed by atoms with Gasteiger partial charge in [0.25, 0.3) is 0 Å². The maximum Gasteiger partial charge on any atom is 0.227 e. The van der Waals surface area contributed by atoms with E-state index in [-0.39, 0.29) is 0 Å². The molecule has 2 saturated carbocycles. The van der Waals surface area contributed by atoms with Gasteiger partial charge in [0.2, 0.25) is 5.95 Å². The van der Waals surface area contributed by atoms with E-state index in [2.05, 4.69) is 31.6 Å². The number of benzene rings is 1. The van der Waals surface area contributed by atoms with Crippen LogP contribution in [0.5, 0.6) is 11.5 Å². The van der Waals surface area contributed by atoms with Crippen LogP contribution in [0.3, 0.4) is 0 Å². The summed E-state index contributed by atoms with van der Waals surface area (Å²) in [5.41, 5.74) is 1.01. The van der Waals surface area contributed by atoms with Gasteiger partial charge in [-0.05, 0) is 49.3 Å². The van der Waals surface area contributed by atoms with Gasteiger partial charge in [0.05, 0.1) is 0 Å². The van der Waals surface area contributed by atoms with E-state index in [9.17, 15) is 0 Å². The Kier molecular flexibility index (Phi) is 4.18. The molecule has 0 amide bonds. The first-order chi connectivity index (χ1) is 14.3. The van der Waals surface area contributed by atoms with Crippen molar-refractivity contribution in [2.45, 2.75) is 31.7 Å². The van der Waals surface area contributed by atoms with Crippen molar-refractivity contribution in [2.75, 3.05) is 44.3 Å². The SMILES string of the molecule is Cn1c(-c2ccc3c(c2)OCCO3)nnc1N1CCN(C2CC3CCC2C3)CC1. The summed E-state index contributed by atoms with van der Waals surface area (Å²) in [6.45, 7) is 5.53. The zero-order valence-corrected chi connectivity index (χ0v) is 17.1. The molecule has 0 N–H and O–H groups in total. The Hall–Kier alpha value is -2.28. The smallest absolute Gasteiger partial charge is 0.227 e. The van der Waals surface area contributed by atoms with Crippen molar-refractivity contribution in [1.29, 1.82) is 0 Å². The average Bonchev–Trinajstić information content (AvgIpc) is 3.49. The average molecular weight is 396 g/mol. The lowest BCUT2D eigenvalue weighted by molar-refractivity contribution is 0.134. The van der Waals surface area contributed by atoms with Crippen LogP contribution in [0.25, 0.3) is 11.4 Å². The number of rotatable bonds is 3. The fraction of sp³-hybridized carbons (Fsp3) is 0.636. The van der Waals surface area contributed by atoms with Crippen LogP contribution in [0, 0.1) is 11.8 Å². The van der Waals surface area contributed by atoms with Crippen molar-refractivity contribution >= 4 is 5.95 Å². The molecule has 0 radical (unpaired) electrons. The number of nitrogens with zero attached hydrogens (tertiary/aromatic N) is 5. The van der Waals surface area contributed by atoms with E-state index in [4.69, 9.17) is 9.47 Å². The molecule has 2 bridgehead atoms. The minimum Gasteiger partial charge on any atom is -0.486 e. The maximum atomic E-state index is 5.73. The van der Waals surface area contributed by atoms with Crippen LogP contribution in [0.4, 0.5) is 5.95 Å². The summed E-state index contributed by atoms with van der Waals surface area (Å²) in [5, 5.41) is 9.04. The maximum absolute atomic E-state index is 5.73.